The zero-order valence-corrected chi connectivity index (χ0v) is 16.4. The third-order valence-electron chi connectivity index (χ3n) is 4.78. The molecule has 148 valence electrons. The monoisotopic (exact) mass is 391 g/mol. The number of anilines is 1. The minimum Gasteiger partial charge on any atom is -0.324 e. The summed E-state index contributed by atoms with van der Waals surface area (Å²) in [5.41, 5.74) is 3.04. The predicted molar refractivity (Wildman–Crippen MR) is 111 cm³/mol. The molecule has 0 unspecified atom stereocenters. The molecule has 0 bridgehead atoms. The highest BCUT2D eigenvalue weighted by Crippen LogP contribution is 2.25. The first-order valence-electron chi connectivity index (χ1n) is 9.55. The summed E-state index contributed by atoms with van der Waals surface area (Å²) in [5.74, 6) is 0.161. The van der Waals surface area contributed by atoms with Gasteiger partial charge in [0, 0.05) is 31.1 Å². The van der Waals surface area contributed by atoms with E-state index >= 15 is 0 Å². The first-order chi connectivity index (χ1) is 14.0. The fraction of sp³-hybridized carbons (Fsp3) is 0.227. The van der Waals surface area contributed by atoms with E-state index in [4.69, 9.17) is 5.10 Å². The highest BCUT2D eigenvalue weighted by Gasteiger charge is 2.16. The molecule has 4 rings (SSSR count). The van der Waals surface area contributed by atoms with Crippen molar-refractivity contribution in [2.75, 3.05) is 5.32 Å². The number of nitrogens with zero attached hydrogens (tertiary/aromatic N) is 4. The van der Waals surface area contributed by atoms with E-state index in [1.807, 2.05) is 46.8 Å². The Morgan fingerprint density at radius 2 is 1.90 bits per heavy atom. The van der Waals surface area contributed by atoms with Crippen LogP contribution in [0.2, 0.25) is 0 Å². The maximum Gasteiger partial charge on any atom is 0.224 e. The molecule has 1 amide bonds. The standard InChI is InChI=1S/C22H22FN5O/c1-15-14-16(2)24-21-20(15)22(27-11-5-6-12-27)26-28(21)13-7-10-19(29)25-18-9-4-3-8-17(18)23/h3-6,8-9,11-12,14H,7,10,13H2,1-2H3,(H,25,29). The molecule has 6 nitrogen and oxygen atoms in total. The van der Waals surface area contributed by atoms with Crippen molar-refractivity contribution in [3.05, 3.63) is 71.9 Å². The summed E-state index contributed by atoms with van der Waals surface area (Å²) in [4.78, 5) is 16.9. The average Bonchev–Trinajstić information content (AvgIpc) is 3.32. The highest BCUT2D eigenvalue weighted by atomic mass is 19.1. The van der Waals surface area contributed by atoms with Gasteiger partial charge < -0.3 is 9.88 Å². The summed E-state index contributed by atoms with van der Waals surface area (Å²) in [6.07, 6.45) is 4.73. The molecule has 0 spiro atoms. The van der Waals surface area contributed by atoms with Crippen LogP contribution in [0, 0.1) is 19.7 Å². The van der Waals surface area contributed by atoms with Crippen molar-refractivity contribution in [2.24, 2.45) is 0 Å². The number of carbonyl (C=O) groups is 1. The Morgan fingerprint density at radius 1 is 1.14 bits per heavy atom. The minimum absolute atomic E-state index is 0.199. The van der Waals surface area contributed by atoms with Gasteiger partial charge in [-0.2, -0.15) is 5.10 Å². The van der Waals surface area contributed by atoms with Gasteiger partial charge in [-0.3, -0.25) is 4.79 Å². The molecule has 0 aliphatic heterocycles. The first-order valence-corrected chi connectivity index (χ1v) is 9.55. The summed E-state index contributed by atoms with van der Waals surface area (Å²) in [7, 11) is 0. The van der Waals surface area contributed by atoms with Gasteiger partial charge in [-0.1, -0.05) is 12.1 Å². The minimum atomic E-state index is -0.439. The second kappa shape index (κ2) is 7.87. The van der Waals surface area contributed by atoms with E-state index in [0.717, 1.165) is 28.1 Å². The van der Waals surface area contributed by atoms with E-state index in [1.54, 1.807) is 18.2 Å². The topological polar surface area (TPSA) is 64.7 Å². The van der Waals surface area contributed by atoms with Gasteiger partial charge >= 0.3 is 0 Å². The van der Waals surface area contributed by atoms with Gasteiger partial charge in [0.1, 0.15) is 5.82 Å². The molecular weight excluding hydrogens is 369 g/mol. The van der Waals surface area contributed by atoms with Gasteiger partial charge in [-0.15, -0.1) is 0 Å². The smallest absolute Gasteiger partial charge is 0.224 e. The third-order valence-corrected chi connectivity index (χ3v) is 4.78. The lowest BCUT2D eigenvalue weighted by atomic mass is 10.2. The van der Waals surface area contributed by atoms with Gasteiger partial charge in [0.25, 0.3) is 0 Å². The van der Waals surface area contributed by atoms with E-state index in [2.05, 4.69) is 17.2 Å². The van der Waals surface area contributed by atoms with Gasteiger partial charge in [-0.05, 0) is 56.2 Å². The number of rotatable bonds is 6. The number of aryl methyl sites for hydroxylation is 3. The van der Waals surface area contributed by atoms with Crippen LogP contribution in [0.1, 0.15) is 24.1 Å². The fourth-order valence-corrected chi connectivity index (χ4v) is 3.47. The molecule has 7 heteroatoms. The number of amides is 1. The SMILES string of the molecule is Cc1cc(C)c2c(-n3cccc3)nn(CCCC(=O)Nc3ccccc3F)c2n1. The second-order valence-electron chi connectivity index (χ2n) is 7.05. The quantitative estimate of drug-likeness (QED) is 0.530. The molecule has 0 aliphatic rings. The van der Waals surface area contributed by atoms with Crippen LogP contribution in [0.15, 0.2) is 54.9 Å². The molecule has 1 aromatic carbocycles. The number of hydrogen-bond acceptors (Lipinski definition) is 3. The maximum absolute atomic E-state index is 13.7. The van der Waals surface area contributed by atoms with Crippen molar-refractivity contribution in [1.29, 1.82) is 0 Å². The number of benzene rings is 1. The van der Waals surface area contributed by atoms with Crippen molar-refractivity contribution in [3.8, 4) is 5.82 Å². The molecule has 0 radical (unpaired) electrons. The third kappa shape index (κ3) is 3.89. The number of nitrogens with one attached hydrogen (secondary N) is 1. The van der Waals surface area contributed by atoms with Gasteiger partial charge in [0.15, 0.2) is 11.5 Å². The van der Waals surface area contributed by atoms with Crippen LogP contribution in [-0.4, -0.2) is 25.2 Å². The molecule has 29 heavy (non-hydrogen) atoms. The summed E-state index contributed by atoms with van der Waals surface area (Å²) in [6, 6.07) is 12.1. The zero-order chi connectivity index (χ0) is 20.4. The molecule has 0 saturated carbocycles. The predicted octanol–water partition coefficient (Wildman–Crippen LogP) is 4.40. The van der Waals surface area contributed by atoms with E-state index in [9.17, 15) is 9.18 Å². The van der Waals surface area contributed by atoms with Crippen molar-refractivity contribution in [3.63, 3.8) is 0 Å². The van der Waals surface area contributed by atoms with Crippen LogP contribution in [0.3, 0.4) is 0 Å². The molecular formula is C22H22FN5O. The molecule has 1 N–H and O–H groups in total. The van der Waals surface area contributed by atoms with Crippen molar-refractivity contribution in [2.45, 2.75) is 33.2 Å². The Balaban J connectivity index is 1.52. The first kappa shape index (κ1) is 18.9. The van der Waals surface area contributed by atoms with Crippen molar-refractivity contribution < 1.29 is 9.18 Å². The largest absolute Gasteiger partial charge is 0.324 e. The second-order valence-corrected chi connectivity index (χ2v) is 7.05. The Labute approximate surface area is 168 Å². The highest BCUT2D eigenvalue weighted by molar-refractivity contribution is 5.90. The molecule has 0 atom stereocenters. The molecule has 0 aliphatic carbocycles. The summed E-state index contributed by atoms with van der Waals surface area (Å²) in [5, 5.41) is 8.37. The molecule has 4 aromatic rings. The van der Waals surface area contributed by atoms with Crippen LogP contribution in [-0.2, 0) is 11.3 Å². The average molecular weight is 391 g/mol. The van der Waals surface area contributed by atoms with Crippen LogP contribution < -0.4 is 5.32 Å². The van der Waals surface area contributed by atoms with E-state index in [0.29, 0.717) is 13.0 Å². The van der Waals surface area contributed by atoms with E-state index in [-0.39, 0.29) is 18.0 Å². The van der Waals surface area contributed by atoms with Crippen LogP contribution in [0.25, 0.3) is 16.9 Å². The number of aromatic nitrogens is 4. The lowest BCUT2D eigenvalue weighted by Crippen LogP contribution is -2.14. The van der Waals surface area contributed by atoms with E-state index in [1.165, 1.54) is 6.07 Å². The van der Waals surface area contributed by atoms with E-state index < -0.39 is 5.82 Å². The Hall–Kier alpha value is -3.48. The molecule has 0 saturated heterocycles. The normalized spacial score (nSPS) is 11.1. The number of carbonyl (C=O) groups excluding carboxylic acids is 1. The van der Waals surface area contributed by atoms with Gasteiger partial charge in [0.2, 0.25) is 5.91 Å². The molecule has 0 fully saturated rings. The number of fused-ring (bicyclic) bond motifs is 1. The van der Waals surface area contributed by atoms with Crippen LogP contribution in [0.4, 0.5) is 10.1 Å². The molecule has 3 heterocycles. The van der Waals surface area contributed by atoms with Crippen molar-refractivity contribution in [1.82, 2.24) is 19.3 Å². The lowest BCUT2D eigenvalue weighted by Gasteiger charge is -2.07. The van der Waals surface area contributed by atoms with Crippen molar-refractivity contribution >= 4 is 22.6 Å². The number of pyridine rings is 1. The Morgan fingerprint density at radius 3 is 2.66 bits per heavy atom. The van der Waals surface area contributed by atoms with Crippen LogP contribution in [0.5, 0.6) is 0 Å². The lowest BCUT2D eigenvalue weighted by molar-refractivity contribution is -0.116. The fourth-order valence-electron chi connectivity index (χ4n) is 3.47. The maximum atomic E-state index is 13.7. The Kier molecular flexibility index (Phi) is 5.12. The summed E-state index contributed by atoms with van der Waals surface area (Å²) >= 11 is 0. The summed E-state index contributed by atoms with van der Waals surface area (Å²) in [6.45, 7) is 4.55. The number of hydrogen-bond donors (Lipinski definition) is 1. The van der Waals surface area contributed by atoms with Gasteiger partial charge in [-0.25, -0.2) is 14.1 Å². The number of para-hydroxylation sites is 1. The Bertz CT molecular complexity index is 1160. The van der Waals surface area contributed by atoms with Crippen LogP contribution >= 0.6 is 0 Å². The van der Waals surface area contributed by atoms with Gasteiger partial charge in [0.05, 0.1) is 11.1 Å². The molecule has 3 aromatic heterocycles. The zero-order valence-electron chi connectivity index (χ0n) is 16.4. The number of halogens is 1. The summed E-state index contributed by atoms with van der Waals surface area (Å²) < 4.78 is 17.5.